The summed E-state index contributed by atoms with van der Waals surface area (Å²) in [6, 6.07) is 5.55. The molecule has 0 N–H and O–H groups in total. The van der Waals surface area contributed by atoms with Gasteiger partial charge in [-0.05, 0) is 28.1 Å². The van der Waals surface area contributed by atoms with Gasteiger partial charge >= 0.3 is 0 Å². The Morgan fingerprint density at radius 3 is 1.95 bits per heavy atom. The van der Waals surface area contributed by atoms with E-state index in [1.807, 2.05) is 12.1 Å². The van der Waals surface area contributed by atoms with Crippen LogP contribution in [0.1, 0.15) is 0 Å². The van der Waals surface area contributed by atoms with E-state index in [9.17, 15) is 0 Å². The number of hydrogen-bond acceptors (Lipinski definition) is 5. The smallest absolute Gasteiger partial charge is 0.227 e. The topological polar surface area (TPSA) is 49.8 Å². The fourth-order valence-corrected chi connectivity index (χ4v) is 2.49. The molecule has 5 nitrogen and oxygen atoms in total. The van der Waals surface area contributed by atoms with Crippen LogP contribution in [0.3, 0.4) is 0 Å². The fourth-order valence-electron chi connectivity index (χ4n) is 1.98. The second kappa shape index (κ2) is 6.67. The van der Waals surface area contributed by atoms with Gasteiger partial charge in [0.25, 0.3) is 0 Å². The van der Waals surface area contributed by atoms with Gasteiger partial charge in [-0.2, -0.15) is 0 Å². The molecule has 0 radical (unpaired) electrons. The Morgan fingerprint density at radius 2 is 1.43 bits per heavy atom. The third-order valence-electron chi connectivity index (χ3n) is 3.02. The Labute approximate surface area is 131 Å². The molecule has 2 rings (SSSR count). The summed E-state index contributed by atoms with van der Waals surface area (Å²) in [5, 5.41) is 0. The third kappa shape index (κ3) is 3.05. The molecule has 0 aliphatic heterocycles. The van der Waals surface area contributed by atoms with Gasteiger partial charge in [-0.3, -0.25) is 0 Å². The Hall–Kier alpha value is -1.95. The first-order chi connectivity index (χ1) is 10.1. The molecule has 112 valence electrons. The van der Waals surface area contributed by atoms with Gasteiger partial charge in [0.1, 0.15) is 5.75 Å². The van der Waals surface area contributed by atoms with Crippen molar-refractivity contribution in [3.05, 3.63) is 28.9 Å². The lowest BCUT2D eigenvalue weighted by atomic mass is 10.1. The van der Waals surface area contributed by atoms with Crippen LogP contribution in [0.4, 0.5) is 0 Å². The number of halogens is 1. The first kappa shape index (κ1) is 15.4. The largest absolute Gasteiger partial charge is 0.496 e. The van der Waals surface area contributed by atoms with Crippen molar-refractivity contribution in [3.8, 4) is 34.3 Å². The molecule has 0 saturated carbocycles. The molecular formula is C15H16BrNO4. The number of benzene rings is 1. The summed E-state index contributed by atoms with van der Waals surface area (Å²) < 4.78 is 21.9. The molecule has 1 aromatic heterocycles. The van der Waals surface area contributed by atoms with E-state index in [1.54, 1.807) is 40.7 Å². The molecule has 0 unspecified atom stereocenters. The van der Waals surface area contributed by atoms with Crippen LogP contribution in [0.15, 0.2) is 28.9 Å². The summed E-state index contributed by atoms with van der Waals surface area (Å²) in [5.41, 5.74) is 1.73. The van der Waals surface area contributed by atoms with Crippen LogP contribution in [0.2, 0.25) is 0 Å². The van der Waals surface area contributed by atoms with Crippen LogP contribution in [-0.2, 0) is 0 Å². The summed E-state index contributed by atoms with van der Waals surface area (Å²) >= 11 is 3.43. The van der Waals surface area contributed by atoms with E-state index in [0.717, 1.165) is 15.6 Å². The maximum Gasteiger partial charge on any atom is 0.227 e. The molecule has 0 atom stereocenters. The van der Waals surface area contributed by atoms with E-state index in [1.165, 1.54) is 0 Å². The van der Waals surface area contributed by atoms with Crippen LogP contribution >= 0.6 is 15.9 Å². The molecule has 0 aliphatic carbocycles. The van der Waals surface area contributed by atoms with Gasteiger partial charge < -0.3 is 18.9 Å². The SMILES string of the molecule is COc1cc(OC)c(-c2cnc(OC)c(Br)c2)cc1OC. The second-order valence-corrected chi connectivity index (χ2v) is 4.98. The highest BCUT2D eigenvalue weighted by molar-refractivity contribution is 9.10. The number of nitrogens with zero attached hydrogens (tertiary/aromatic N) is 1. The zero-order valence-electron chi connectivity index (χ0n) is 12.3. The molecule has 21 heavy (non-hydrogen) atoms. The Bertz CT molecular complexity index is 646. The van der Waals surface area contributed by atoms with Crippen molar-refractivity contribution in [2.24, 2.45) is 0 Å². The molecule has 1 heterocycles. The summed E-state index contributed by atoms with van der Waals surface area (Å²) in [6.45, 7) is 0. The van der Waals surface area contributed by atoms with Crippen LogP contribution in [0.5, 0.6) is 23.1 Å². The number of rotatable bonds is 5. The van der Waals surface area contributed by atoms with E-state index in [2.05, 4.69) is 20.9 Å². The summed E-state index contributed by atoms with van der Waals surface area (Å²) in [6.07, 6.45) is 1.72. The van der Waals surface area contributed by atoms with Crippen LogP contribution in [0, 0.1) is 0 Å². The molecule has 1 aromatic carbocycles. The molecule has 6 heteroatoms. The molecule has 0 fully saturated rings. The molecule has 0 spiro atoms. The van der Waals surface area contributed by atoms with Crippen LogP contribution in [-0.4, -0.2) is 33.4 Å². The lowest BCUT2D eigenvalue weighted by Crippen LogP contribution is -1.96. The van der Waals surface area contributed by atoms with Gasteiger partial charge in [0, 0.05) is 23.4 Å². The maximum absolute atomic E-state index is 5.43. The fraction of sp³-hybridized carbons (Fsp3) is 0.267. The van der Waals surface area contributed by atoms with E-state index in [-0.39, 0.29) is 0 Å². The van der Waals surface area contributed by atoms with E-state index in [4.69, 9.17) is 18.9 Å². The zero-order valence-corrected chi connectivity index (χ0v) is 13.9. The Kier molecular flexibility index (Phi) is 4.90. The number of methoxy groups -OCH3 is 4. The van der Waals surface area contributed by atoms with Crippen LogP contribution < -0.4 is 18.9 Å². The molecule has 0 saturated heterocycles. The second-order valence-electron chi connectivity index (χ2n) is 4.12. The van der Waals surface area contributed by atoms with E-state index < -0.39 is 0 Å². The Balaban J connectivity index is 2.59. The summed E-state index contributed by atoms with van der Waals surface area (Å²) in [4.78, 5) is 4.25. The van der Waals surface area contributed by atoms with Gasteiger partial charge in [-0.1, -0.05) is 0 Å². The number of pyridine rings is 1. The van der Waals surface area contributed by atoms with Gasteiger partial charge in [-0.25, -0.2) is 4.98 Å². The quantitative estimate of drug-likeness (QED) is 0.822. The Morgan fingerprint density at radius 1 is 0.810 bits per heavy atom. The highest BCUT2D eigenvalue weighted by atomic mass is 79.9. The van der Waals surface area contributed by atoms with Crippen molar-refractivity contribution >= 4 is 15.9 Å². The summed E-state index contributed by atoms with van der Waals surface area (Å²) in [7, 11) is 6.36. The average Bonchev–Trinajstić information content (AvgIpc) is 2.53. The van der Waals surface area contributed by atoms with Crippen molar-refractivity contribution in [3.63, 3.8) is 0 Å². The average molecular weight is 354 g/mol. The zero-order chi connectivity index (χ0) is 15.4. The minimum absolute atomic E-state index is 0.526. The molecule has 0 aliphatic rings. The first-order valence-corrected chi connectivity index (χ1v) is 6.93. The first-order valence-electron chi connectivity index (χ1n) is 6.14. The van der Waals surface area contributed by atoms with Gasteiger partial charge in [0.05, 0.1) is 32.9 Å². The minimum Gasteiger partial charge on any atom is -0.496 e. The van der Waals surface area contributed by atoms with Gasteiger partial charge in [0.2, 0.25) is 5.88 Å². The lowest BCUT2D eigenvalue weighted by Gasteiger charge is -2.14. The lowest BCUT2D eigenvalue weighted by molar-refractivity contribution is 0.349. The number of aromatic nitrogens is 1. The highest BCUT2D eigenvalue weighted by Gasteiger charge is 2.15. The molecule has 0 bridgehead atoms. The van der Waals surface area contributed by atoms with E-state index in [0.29, 0.717) is 23.1 Å². The van der Waals surface area contributed by atoms with Crippen molar-refractivity contribution < 1.29 is 18.9 Å². The van der Waals surface area contributed by atoms with Crippen molar-refractivity contribution in [2.75, 3.05) is 28.4 Å². The molecular weight excluding hydrogens is 338 g/mol. The molecule has 0 amide bonds. The maximum atomic E-state index is 5.43. The van der Waals surface area contributed by atoms with Gasteiger partial charge in [-0.15, -0.1) is 0 Å². The predicted molar refractivity (Wildman–Crippen MR) is 83.6 cm³/mol. The van der Waals surface area contributed by atoms with Crippen molar-refractivity contribution in [1.82, 2.24) is 4.98 Å². The van der Waals surface area contributed by atoms with Crippen LogP contribution in [0.25, 0.3) is 11.1 Å². The summed E-state index contributed by atoms with van der Waals surface area (Å²) in [5.74, 6) is 2.43. The third-order valence-corrected chi connectivity index (χ3v) is 3.59. The minimum atomic E-state index is 0.526. The monoisotopic (exact) mass is 353 g/mol. The van der Waals surface area contributed by atoms with Gasteiger partial charge in [0.15, 0.2) is 11.5 Å². The number of ether oxygens (including phenoxy) is 4. The highest BCUT2D eigenvalue weighted by Crippen LogP contribution is 2.41. The normalized spacial score (nSPS) is 10.1. The molecule has 2 aromatic rings. The van der Waals surface area contributed by atoms with E-state index >= 15 is 0 Å². The predicted octanol–water partition coefficient (Wildman–Crippen LogP) is 3.55. The number of hydrogen-bond donors (Lipinski definition) is 0. The van der Waals surface area contributed by atoms with Crippen molar-refractivity contribution in [2.45, 2.75) is 0 Å². The standard InChI is InChI=1S/C15H16BrNO4/c1-18-12-7-14(20-3)13(19-2)6-10(12)9-5-11(16)15(21-4)17-8-9/h5-8H,1-4H3. The van der Waals surface area contributed by atoms with Crippen molar-refractivity contribution in [1.29, 1.82) is 0 Å².